The maximum absolute atomic E-state index is 12.2. The second kappa shape index (κ2) is 7.60. The number of nitrogens with zero attached hydrogens (tertiary/aromatic N) is 3. The molecule has 0 atom stereocenters. The Balaban J connectivity index is 1.20. The molecular formula is C20H26N4O2. The van der Waals surface area contributed by atoms with Gasteiger partial charge in [-0.25, -0.2) is 0 Å². The van der Waals surface area contributed by atoms with Crippen molar-refractivity contribution in [2.75, 3.05) is 38.0 Å². The molecular weight excluding hydrogens is 328 g/mol. The molecule has 1 aliphatic heterocycles. The number of aryl methyl sites for hydroxylation is 1. The van der Waals surface area contributed by atoms with E-state index in [1.54, 1.807) is 0 Å². The van der Waals surface area contributed by atoms with Crippen molar-refractivity contribution in [1.82, 2.24) is 15.0 Å². The van der Waals surface area contributed by atoms with E-state index in [0.29, 0.717) is 12.5 Å². The number of hydrogen-bond donors (Lipinski definition) is 1. The van der Waals surface area contributed by atoms with Crippen molar-refractivity contribution in [3.05, 3.63) is 47.3 Å². The smallest absolute Gasteiger partial charge is 0.238 e. The molecule has 0 bridgehead atoms. The number of piperazine rings is 1. The van der Waals surface area contributed by atoms with Crippen molar-refractivity contribution in [3.63, 3.8) is 0 Å². The number of rotatable bonds is 6. The Morgan fingerprint density at radius 1 is 1.15 bits per heavy atom. The second-order valence-electron chi connectivity index (χ2n) is 7.46. The summed E-state index contributed by atoms with van der Waals surface area (Å²) in [5, 5.41) is 7.17. The van der Waals surface area contributed by atoms with Crippen LogP contribution >= 0.6 is 0 Å². The molecule has 2 aliphatic rings. The van der Waals surface area contributed by atoms with Gasteiger partial charge in [-0.3, -0.25) is 14.6 Å². The van der Waals surface area contributed by atoms with Crippen LogP contribution in [0, 0.1) is 6.92 Å². The van der Waals surface area contributed by atoms with Gasteiger partial charge in [-0.05, 0) is 31.9 Å². The zero-order chi connectivity index (χ0) is 17.9. The summed E-state index contributed by atoms with van der Waals surface area (Å²) in [6, 6.07) is 10.0. The van der Waals surface area contributed by atoms with E-state index in [2.05, 4.69) is 26.3 Å². The number of nitrogens with one attached hydrogen (secondary N) is 1. The minimum atomic E-state index is 0.0490. The standard InChI is InChI=1S/C20H26N4O2/c1-15-2-6-17(7-3-15)21-20(25)14-24-10-8-23(9-11-24)13-18-12-19(26-22-18)16-4-5-16/h2-3,6-7,12,16H,4-5,8-11,13-14H2,1H3,(H,21,25). The van der Waals surface area contributed by atoms with Gasteiger partial charge in [0.2, 0.25) is 5.91 Å². The molecule has 2 heterocycles. The molecule has 1 aromatic heterocycles. The summed E-state index contributed by atoms with van der Waals surface area (Å²) in [6.45, 7) is 7.00. The SMILES string of the molecule is Cc1ccc(NC(=O)CN2CCN(Cc3cc(C4CC4)on3)CC2)cc1. The van der Waals surface area contributed by atoms with Crippen LogP contribution in [0.2, 0.25) is 0 Å². The van der Waals surface area contributed by atoms with Gasteiger partial charge in [0.1, 0.15) is 5.76 Å². The number of hydrogen-bond acceptors (Lipinski definition) is 5. The molecule has 1 saturated carbocycles. The molecule has 1 aromatic carbocycles. The van der Waals surface area contributed by atoms with Gasteiger partial charge in [0.05, 0.1) is 12.2 Å². The highest BCUT2D eigenvalue weighted by Crippen LogP contribution is 2.40. The quantitative estimate of drug-likeness (QED) is 0.864. The predicted octanol–water partition coefficient (Wildman–Crippen LogP) is 2.62. The summed E-state index contributed by atoms with van der Waals surface area (Å²) >= 11 is 0. The second-order valence-corrected chi connectivity index (χ2v) is 7.46. The average Bonchev–Trinajstić information content (AvgIpc) is 3.38. The Bertz CT molecular complexity index is 743. The Kier molecular flexibility index (Phi) is 5.04. The highest BCUT2D eigenvalue weighted by atomic mass is 16.5. The van der Waals surface area contributed by atoms with Crippen molar-refractivity contribution in [1.29, 1.82) is 0 Å². The zero-order valence-corrected chi connectivity index (χ0v) is 15.3. The summed E-state index contributed by atoms with van der Waals surface area (Å²) < 4.78 is 5.43. The summed E-state index contributed by atoms with van der Waals surface area (Å²) in [7, 11) is 0. The molecule has 0 unspecified atom stereocenters. The average molecular weight is 354 g/mol. The number of anilines is 1. The summed E-state index contributed by atoms with van der Waals surface area (Å²) in [4.78, 5) is 16.8. The van der Waals surface area contributed by atoms with Crippen LogP contribution in [0.5, 0.6) is 0 Å². The Hall–Kier alpha value is -2.18. The lowest BCUT2D eigenvalue weighted by atomic mass is 10.2. The fourth-order valence-electron chi connectivity index (χ4n) is 3.34. The van der Waals surface area contributed by atoms with Gasteiger partial charge in [0.15, 0.2) is 0 Å². The van der Waals surface area contributed by atoms with Crippen molar-refractivity contribution >= 4 is 11.6 Å². The van der Waals surface area contributed by atoms with Gasteiger partial charge < -0.3 is 9.84 Å². The molecule has 1 saturated heterocycles. The largest absolute Gasteiger partial charge is 0.361 e. The van der Waals surface area contributed by atoms with E-state index in [1.165, 1.54) is 18.4 Å². The van der Waals surface area contributed by atoms with Crippen molar-refractivity contribution in [2.45, 2.75) is 32.2 Å². The van der Waals surface area contributed by atoms with Gasteiger partial charge in [-0.1, -0.05) is 22.9 Å². The lowest BCUT2D eigenvalue weighted by Crippen LogP contribution is -2.48. The third kappa shape index (κ3) is 4.51. The first-order chi connectivity index (χ1) is 12.7. The van der Waals surface area contributed by atoms with Crippen molar-refractivity contribution in [3.8, 4) is 0 Å². The minimum Gasteiger partial charge on any atom is -0.361 e. The third-order valence-corrected chi connectivity index (χ3v) is 5.11. The molecule has 1 aliphatic carbocycles. The molecule has 4 rings (SSSR count). The van der Waals surface area contributed by atoms with Crippen molar-refractivity contribution in [2.24, 2.45) is 0 Å². The highest BCUT2D eigenvalue weighted by molar-refractivity contribution is 5.92. The first kappa shape index (κ1) is 17.2. The Morgan fingerprint density at radius 3 is 2.54 bits per heavy atom. The first-order valence-electron chi connectivity index (χ1n) is 9.42. The maximum atomic E-state index is 12.2. The van der Waals surface area contributed by atoms with Gasteiger partial charge in [-0.15, -0.1) is 0 Å². The molecule has 0 spiro atoms. The van der Waals surface area contributed by atoms with Crippen LogP contribution < -0.4 is 5.32 Å². The molecule has 138 valence electrons. The van der Waals surface area contributed by atoms with Crippen LogP contribution in [-0.2, 0) is 11.3 Å². The van der Waals surface area contributed by atoms with E-state index >= 15 is 0 Å². The van der Waals surface area contributed by atoms with E-state index < -0.39 is 0 Å². The predicted molar refractivity (Wildman–Crippen MR) is 100 cm³/mol. The number of carbonyl (C=O) groups excluding carboxylic acids is 1. The fraction of sp³-hybridized carbons (Fsp3) is 0.500. The van der Waals surface area contributed by atoms with E-state index in [1.807, 2.05) is 31.2 Å². The van der Waals surface area contributed by atoms with Gasteiger partial charge in [0.25, 0.3) is 0 Å². The van der Waals surface area contributed by atoms with Gasteiger partial charge in [-0.2, -0.15) is 0 Å². The molecule has 2 aromatic rings. The van der Waals surface area contributed by atoms with Crippen molar-refractivity contribution < 1.29 is 9.32 Å². The minimum absolute atomic E-state index is 0.0490. The Labute approximate surface area is 154 Å². The van der Waals surface area contributed by atoms with Gasteiger partial charge in [0, 0.05) is 50.4 Å². The van der Waals surface area contributed by atoms with Crippen LogP contribution in [0.4, 0.5) is 5.69 Å². The third-order valence-electron chi connectivity index (χ3n) is 5.11. The van der Waals surface area contributed by atoms with Crippen LogP contribution in [0.25, 0.3) is 0 Å². The van der Waals surface area contributed by atoms with Gasteiger partial charge >= 0.3 is 0 Å². The molecule has 6 heteroatoms. The highest BCUT2D eigenvalue weighted by Gasteiger charge is 2.28. The number of amides is 1. The molecule has 26 heavy (non-hydrogen) atoms. The first-order valence-corrected chi connectivity index (χ1v) is 9.42. The number of aromatic nitrogens is 1. The van der Waals surface area contributed by atoms with Crippen LogP contribution in [0.3, 0.4) is 0 Å². The molecule has 1 N–H and O–H groups in total. The van der Waals surface area contributed by atoms with E-state index in [9.17, 15) is 4.79 Å². The molecule has 2 fully saturated rings. The summed E-state index contributed by atoms with van der Waals surface area (Å²) in [5.41, 5.74) is 3.07. The van der Waals surface area contributed by atoms with Crippen LogP contribution in [0.1, 0.15) is 35.8 Å². The van der Waals surface area contributed by atoms with E-state index in [4.69, 9.17) is 4.52 Å². The maximum Gasteiger partial charge on any atom is 0.238 e. The molecule has 6 nitrogen and oxygen atoms in total. The lowest BCUT2D eigenvalue weighted by molar-refractivity contribution is -0.117. The lowest BCUT2D eigenvalue weighted by Gasteiger charge is -2.33. The Morgan fingerprint density at radius 2 is 1.85 bits per heavy atom. The summed E-state index contributed by atoms with van der Waals surface area (Å²) in [6.07, 6.45) is 2.47. The monoisotopic (exact) mass is 354 g/mol. The topological polar surface area (TPSA) is 61.6 Å². The summed E-state index contributed by atoms with van der Waals surface area (Å²) in [5.74, 6) is 1.71. The zero-order valence-electron chi connectivity index (χ0n) is 15.3. The molecule has 0 radical (unpaired) electrons. The number of benzene rings is 1. The molecule has 1 amide bonds. The van der Waals surface area contributed by atoms with E-state index in [-0.39, 0.29) is 5.91 Å². The fourth-order valence-corrected chi connectivity index (χ4v) is 3.34. The van der Waals surface area contributed by atoms with Crippen LogP contribution in [0.15, 0.2) is 34.9 Å². The van der Waals surface area contributed by atoms with Crippen LogP contribution in [-0.4, -0.2) is 53.6 Å². The van der Waals surface area contributed by atoms with E-state index in [0.717, 1.165) is 49.9 Å². The number of carbonyl (C=O) groups is 1. The normalized spacial score (nSPS) is 18.8.